The Labute approximate surface area is 239 Å². The quantitative estimate of drug-likeness (QED) is 0.533. The maximum absolute atomic E-state index is 15.7. The van der Waals surface area contributed by atoms with Gasteiger partial charge in [-0.1, -0.05) is 0 Å². The highest BCUT2D eigenvalue weighted by Crippen LogP contribution is 2.40. The summed E-state index contributed by atoms with van der Waals surface area (Å²) in [4.78, 5) is 43.2. The number of anilines is 3. The van der Waals surface area contributed by atoms with Gasteiger partial charge in [-0.05, 0) is 38.1 Å². The second-order valence-corrected chi connectivity index (χ2v) is 10.9. The number of hydrogen-bond acceptors (Lipinski definition) is 8. The molecule has 3 saturated heterocycles. The number of nitrogens with zero attached hydrogens (tertiary/aromatic N) is 6. The van der Waals surface area contributed by atoms with Gasteiger partial charge in [-0.25, -0.2) is 19.4 Å². The van der Waals surface area contributed by atoms with Crippen molar-refractivity contribution in [2.45, 2.75) is 18.6 Å². The molecule has 0 spiro atoms. The Morgan fingerprint density at radius 3 is 2.50 bits per heavy atom. The van der Waals surface area contributed by atoms with E-state index in [9.17, 15) is 22.8 Å². The SMILES string of the molecule is CN1CC[C@H]2CN(c3cc(F)c(-c4cnc(N5CCOCC5)nc4)cc3NC(=O)C3C=NC(=O)C=C3C(F)(F)F)C[C@H]21. The highest BCUT2D eigenvalue weighted by Gasteiger charge is 2.44. The number of benzene rings is 1. The van der Waals surface area contributed by atoms with Gasteiger partial charge < -0.3 is 24.8 Å². The molecule has 2 amide bonds. The number of aromatic nitrogens is 2. The lowest BCUT2D eigenvalue weighted by Crippen LogP contribution is -2.37. The molecule has 3 fully saturated rings. The third kappa shape index (κ3) is 5.48. The van der Waals surface area contributed by atoms with Crippen molar-refractivity contribution in [2.24, 2.45) is 16.8 Å². The molecule has 4 aliphatic rings. The molecule has 42 heavy (non-hydrogen) atoms. The number of alkyl halides is 3. The number of morpholine rings is 1. The van der Waals surface area contributed by atoms with Gasteiger partial charge in [-0.3, -0.25) is 9.59 Å². The Morgan fingerprint density at radius 1 is 1.07 bits per heavy atom. The van der Waals surface area contributed by atoms with E-state index in [2.05, 4.69) is 25.2 Å². The number of rotatable bonds is 5. The number of dihydropyridines is 1. The molecule has 6 rings (SSSR count). The predicted molar refractivity (Wildman–Crippen MR) is 147 cm³/mol. The summed E-state index contributed by atoms with van der Waals surface area (Å²) >= 11 is 0. The normalized spacial score (nSPS) is 24.6. The number of likely N-dealkylation sites (tertiary alicyclic amines) is 1. The number of likely N-dealkylation sites (N-methyl/N-ethyl adjacent to an activating group) is 1. The minimum absolute atomic E-state index is 0.0816. The van der Waals surface area contributed by atoms with Crippen LogP contribution in [0.15, 0.2) is 41.2 Å². The van der Waals surface area contributed by atoms with Crippen LogP contribution in [0.2, 0.25) is 0 Å². The lowest BCUT2D eigenvalue weighted by molar-refractivity contribution is -0.124. The minimum Gasteiger partial charge on any atom is -0.378 e. The van der Waals surface area contributed by atoms with Gasteiger partial charge in [-0.15, -0.1) is 0 Å². The van der Waals surface area contributed by atoms with Crippen molar-refractivity contribution < 1.29 is 31.9 Å². The van der Waals surface area contributed by atoms with Gasteiger partial charge in [-0.2, -0.15) is 13.2 Å². The summed E-state index contributed by atoms with van der Waals surface area (Å²) < 4.78 is 62.2. The maximum Gasteiger partial charge on any atom is 0.414 e. The lowest BCUT2D eigenvalue weighted by Gasteiger charge is -2.27. The van der Waals surface area contributed by atoms with Crippen LogP contribution in [0.3, 0.4) is 0 Å². The first-order chi connectivity index (χ1) is 20.1. The largest absolute Gasteiger partial charge is 0.414 e. The fraction of sp³-hybridized carbons (Fsp3) is 0.464. The molecule has 222 valence electrons. The average molecular weight is 588 g/mol. The zero-order valence-corrected chi connectivity index (χ0v) is 22.8. The molecule has 0 bridgehead atoms. The van der Waals surface area contributed by atoms with Crippen LogP contribution in [0.4, 0.5) is 34.9 Å². The zero-order chi connectivity index (χ0) is 29.6. The molecule has 0 aliphatic carbocycles. The van der Waals surface area contributed by atoms with Crippen LogP contribution < -0.4 is 15.1 Å². The Kier molecular flexibility index (Phi) is 7.43. The number of amides is 2. The van der Waals surface area contributed by atoms with Crippen LogP contribution in [-0.2, 0) is 14.3 Å². The van der Waals surface area contributed by atoms with Crippen LogP contribution in [0.25, 0.3) is 11.1 Å². The van der Waals surface area contributed by atoms with E-state index in [-0.39, 0.29) is 17.3 Å². The van der Waals surface area contributed by atoms with Gasteiger partial charge in [0.25, 0.3) is 5.91 Å². The molecule has 1 aromatic heterocycles. The van der Waals surface area contributed by atoms with Crippen molar-refractivity contribution in [3.05, 3.63) is 42.0 Å². The third-order valence-electron chi connectivity index (χ3n) is 8.33. The van der Waals surface area contributed by atoms with E-state index in [1.165, 1.54) is 24.5 Å². The van der Waals surface area contributed by atoms with E-state index in [1.807, 2.05) is 16.8 Å². The van der Waals surface area contributed by atoms with Crippen molar-refractivity contribution in [3.8, 4) is 11.1 Å². The van der Waals surface area contributed by atoms with Gasteiger partial charge in [0.05, 0.1) is 30.2 Å². The second kappa shape index (κ2) is 11.1. The Bertz CT molecular complexity index is 1440. The summed E-state index contributed by atoms with van der Waals surface area (Å²) in [5.41, 5.74) is -0.389. The predicted octanol–water partition coefficient (Wildman–Crippen LogP) is 2.91. The van der Waals surface area contributed by atoms with Crippen molar-refractivity contribution >= 4 is 35.4 Å². The highest BCUT2D eigenvalue weighted by molar-refractivity contribution is 6.11. The minimum atomic E-state index is -4.92. The molecule has 1 aromatic carbocycles. The van der Waals surface area contributed by atoms with E-state index >= 15 is 4.39 Å². The van der Waals surface area contributed by atoms with Gasteiger partial charge in [0.1, 0.15) is 11.7 Å². The first kappa shape index (κ1) is 28.2. The Balaban J connectivity index is 1.34. The number of halogens is 4. The van der Waals surface area contributed by atoms with E-state index < -0.39 is 35.3 Å². The number of ether oxygens (including phenoxy) is 1. The van der Waals surface area contributed by atoms with Gasteiger partial charge in [0, 0.05) is 68.0 Å². The molecule has 10 nitrogen and oxygen atoms in total. The molecule has 1 N–H and O–H groups in total. The summed E-state index contributed by atoms with van der Waals surface area (Å²) in [6.07, 6.45) is 0.0157. The monoisotopic (exact) mass is 587 g/mol. The van der Waals surface area contributed by atoms with E-state index in [1.54, 1.807) is 0 Å². The Hall–Kier alpha value is -3.91. The molecule has 0 saturated carbocycles. The summed E-state index contributed by atoms with van der Waals surface area (Å²) in [5, 5.41) is 2.58. The van der Waals surface area contributed by atoms with Crippen molar-refractivity contribution in [2.75, 3.05) is 68.1 Å². The third-order valence-corrected chi connectivity index (χ3v) is 8.33. The van der Waals surface area contributed by atoms with Crippen LogP contribution in [0.5, 0.6) is 0 Å². The molecule has 5 heterocycles. The van der Waals surface area contributed by atoms with Crippen LogP contribution in [0.1, 0.15) is 6.42 Å². The molecule has 0 radical (unpaired) electrons. The van der Waals surface area contributed by atoms with E-state index in [4.69, 9.17) is 4.74 Å². The first-order valence-corrected chi connectivity index (χ1v) is 13.7. The molecular formula is C28H29F4N7O3. The average Bonchev–Trinajstić information content (AvgIpc) is 3.55. The molecule has 14 heteroatoms. The van der Waals surface area contributed by atoms with E-state index in [0.717, 1.165) is 13.0 Å². The van der Waals surface area contributed by atoms with Crippen molar-refractivity contribution in [1.82, 2.24) is 14.9 Å². The van der Waals surface area contributed by atoms with Crippen LogP contribution in [-0.4, -0.2) is 98.1 Å². The fourth-order valence-electron chi connectivity index (χ4n) is 6.07. The number of fused-ring (bicyclic) bond motifs is 1. The summed E-state index contributed by atoms with van der Waals surface area (Å²) in [5.74, 6) is -3.74. The van der Waals surface area contributed by atoms with Crippen molar-refractivity contribution in [1.29, 1.82) is 0 Å². The lowest BCUT2D eigenvalue weighted by atomic mass is 9.95. The summed E-state index contributed by atoms with van der Waals surface area (Å²) in [6.45, 7) is 4.47. The van der Waals surface area contributed by atoms with E-state index in [0.29, 0.717) is 74.8 Å². The van der Waals surface area contributed by atoms with Crippen LogP contribution >= 0.6 is 0 Å². The molecule has 4 aliphatic heterocycles. The molecule has 2 aromatic rings. The molecular weight excluding hydrogens is 558 g/mol. The number of hydrogen-bond donors (Lipinski definition) is 1. The maximum atomic E-state index is 15.7. The number of aliphatic imine (C=N–C) groups is 1. The van der Waals surface area contributed by atoms with Crippen molar-refractivity contribution in [3.63, 3.8) is 0 Å². The van der Waals surface area contributed by atoms with Crippen LogP contribution in [0, 0.1) is 17.7 Å². The zero-order valence-electron chi connectivity index (χ0n) is 22.8. The number of carbonyl (C=O) groups excluding carboxylic acids is 2. The van der Waals surface area contributed by atoms with Gasteiger partial charge >= 0.3 is 6.18 Å². The molecule has 1 unspecified atom stereocenters. The van der Waals surface area contributed by atoms with Gasteiger partial charge in [0.15, 0.2) is 0 Å². The summed E-state index contributed by atoms with van der Waals surface area (Å²) in [7, 11) is 2.02. The Morgan fingerprint density at radius 2 is 1.81 bits per heavy atom. The molecule has 3 atom stereocenters. The standard InChI is InChI=1S/C28H29F4N7O3/c1-37-3-2-16-14-39(15-24(16)37)23-10-21(29)18(17-11-34-27(35-12-17)38-4-6-42-7-5-38)8-22(23)36-26(41)19-13-33-25(40)9-20(19)28(30,31)32/h8-13,16,19,24H,2-7,14-15H2,1H3,(H,36,41)/t16-,19?,24+/m0/s1. The number of nitrogens with one attached hydrogen (secondary N) is 1. The topological polar surface area (TPSA) is 103 Å². The van der Waals surface area contributed by atoms with Gasteiger partial charge in [0.2, 0.25) is 11.9 Å². The second-order valence-electron chi connectivity index (χ2n) is 10.9. The fourth-order valence-corrected chi connectivity index (χ4v) is 6.07. The first-order valence-electron chi connectivity index (χ1n) is 13.7. The number of carbonyl (C=O) groups is 2. The summed E-state index contributed by atoms with van der Waals surface area (Å²) in [6, 6.07) is 2.94. The smallest absolute Gasteiger partial charge is 0.378 e. The highest BCUT2D eigenvalue weighted by atomic mass is 19.4.